The van der Waals surface area contributed by atoms with Crippen LogP contribution in [0.15, 0.2) is 16.9 Å². The van der Waals surface area contributed by atoms with Gasteiger partial charge in [-0.15, -0.1) is 0 Å². The van der Waals surface area contributed by atoms with E-state index < -0.39 is 0 Å². The predicted molar refractivity (Wildman–Crippen MR) is 65.8 cm³/mol. The van der Waals surface area contributed by atoms with Gasteiger partial charge in [-0.3, -0.25) is 4.79 Å². The maximum absolute atomic E-state index is 11.9. The first kappa shape index (κ1) is 13.1. The zero-order chi connectivity index (χ0) is 12.8. The fourth-order valence-corrected chi connectivity index (χ4v) is 2.54. The number of nitrogens with zero attached hydrogens (tertiary/aromatic N) is 1. The number of hydrogen-bond donors (Lipinski definition) is 2. The molecule has 1 saturated carbocycles. The summed E-state index contributed by atoms with van der Waals surface area (Å²) in [5, 5.41) is 16.1. The van der Waals surface area contributed by atoms with Crippen LogP contribution in [0, 0.1) is 5.92 Å². The lowest BCUT2D eigenvalue weighted by atomic mass is 9.95. The molecule has 18 heavy (non-hydrogen) atoms. The van der Waals surface area contributed by atoms with Gasteiger partial charge in [-0.2, -0.15) is 0 Å². The molecule has 1 aromatic heterocycles. The molecule has 0 aliphatic heterocycles. The van der Waals surface area contributed by atoms with Gasteiger partial charge in [-0.25, -0.2) is 0 Å². The number of rotatable bonds is 4. The number of amides is 1. The Labute approximate surface area is 107 Å². The molecule has 0 spiro atoms. The summed E-state index contributed by atoms with van der Waals surface area (Å²) in [6.07, 6.45) is 7.09. The minimum absolute atomic E-state index is 0.0470. The Hall–Kier alpha value is -1.36. The van der Waals surface area contributed by atoms with E-state index in [-0.39, 0.29) is 30.9 Å². The molecular formula is C13H20N2O3. The van der Waals surface area contributed by atoms with E-state index in [2.05, 4.69) is 10.5 Å². The lowest BCUT2D eigenvalue weighted by molar-refractivity contribution is -0.121. The molecule has 0 radical (unpaired) electrons. The van der Waals surface area contributed by atoms with Gasteiger partial charge >= 0.3 is 0 Å². The number of hydrogen-bond acceptors (Lipinski definition) is 4. The highest BCUT2D eigenvalue weighted by Gasteiger charge is 2.24. The zero-order valence-electron chi connectivity index (χ0n) is 10.5. The third-order valence-corrected chi connectivity index (χ3v) is 3.57. The lowest BCUT2D eigenvalue weighted by Gasteiger charge is -2.24. The highest BCUT2D eigenvalue weighted by Crippen LogP contribution is 2.23. The summed E-state index contributed by atoms with van der Waals surface area (Å²) < 4.78 is 4.70. The Balaban J connectivity index is 1.87. The Morgan fingerprint density at radius 1 is 1.44 bits per heavy atom. The molecule has 1 aliphatic carbocycles. The normalized spacial score (nSPS) is 24.5. The molecule has 0 unspecified atom stereocenters. The number of carbonyl (C=O) groups is 1. The molecule has 100 valence electrons. The maximum atomic E-state index is 11.9. The summed E-state index contributed by atoms with van der Waals surface area (Å²) in [6, 6.07) is 1.79. The van der Waals surface area contributed by atoms with Crippen molar-refractivity contribution in [2.75, 3.05) is 6.61 Å². The highest BCUT2D eigenvalue weighted by atomic mass is 16.5. The second kappa shape index (κ2) is 6.54. The summed E-state index contributed by atoms with van der Waals surface area (Å²) in [7, 11) is 0. The zero-order valence-corrected chi connectivity index (χ0v) is 10.5. The predicted octanol–water partition coefficient (Wildman–Crippen LogP) is 1.27. The fraction of sp³-hybridized carbons (Fsp3) is 0.692. The van der Waals surface area contributed by atoms with Gasteiger partial charge in [0.15, 0.2) is 0 Å². The van der Waals surface area contributed by atoms with Gasteiger partial charge in [-0.05, 0) is 12.8 Å². The van der Waals surface area contributed by atoms with Crippen LogP contribution >= 0.6 is 0 Å². The van der Waals surface area contributed by atoms with Crippen LogP contribution in [-0.2, 0) is 11.2 Å². The molecule has 2 N–H and O–H groups in total. The van der Waals surface area contributed by atoms with Crippen LogP contribution in [-0.4, -0.2) is 28.8 Å². The molecule has 1 aromatic rings. The molecule has 0 aromatic carbocycles. The van der Waals surface area contributed by atoms with Crippen molar-refractivity contribution in [2.45, 2.75) is 44.6 Å². The first-order valence-electron chi connectivity index (χ1n) is 6.59. The van der Waals surface area contributed by atoms with Crippen molar-refractivity contribution in [1.29, 1.82) is 0 Å². The minimum atomic E-state index is -0.0470. The lowest BCUT2D eigenvalue weighted by Crippen LogP contribution is -2.41. The Morgan fingerprint density at radius 2 is 2.28 bits per heavy atom. The van der Waals surface area contributed by atoms with Crippen molar-refractivity contribution in [2.24, 2.45) is 5.92 Å². The average Bonchev–Trinajstić information content (AvgIpc) is 2.75. The fourth-order valence-electron chi connectivity index (χ4n) is 2.54. The van der Waals surface area contributed by atoms with Crippen LogP contribution in [0.4, 0.5) is 0 Å². The Bertz CT molecular complexity index is 364. The third-order valence-electron chi connectivity index (χ3n) is 3.57. The van der Waals surface area contributed by atoms with E-state index in [4.69, 9.17) is 4.52 Å². The monoisotopic (exact) mass is 252 g/mol. The first-order chi connectivity index (χ1) is 8.79. The van der Waals surface area contributed by atoms with Gasteiger partial charge in [0.1, 0.15) is 6.26 Å². The van der Waals surface area contributed by atoms with Crippen LogP contribution in [0.5, 0.6) is 0 Å². The second-order valence-electron chi connectivity index (χ2n) is 4.92. The van der Waals surface area contributed by atoms with Crippen molar-refractivity contribution in [1.82, 2.24) is 10.5 Å². The Morgan fingerprint density at radius 3 is 3.00 bits per heavy atom. The quantitative estimate of drug-likeness (QED) is 0.791. The van der Waals surface area contributed by atoms with Gasteiger partial charge in [-0.1, -0.05) is 24.4 Å². The summed E-state index contributed by atoms with van der Waals surface area (Å²) in [4.78, 5) is 11.9. The summed E-state index contributed by atoms with van der Waals surface area (Å²) >= 11 is 0. The molecule has 2 atom stereocenters. The van der Waals surface area contributed by atoms with Crippen molar-refractivity contribution in [3.8, 4) is 0 Å². The standard InChI is InChI=1S/C13H20N2O3/c16-9-10-4-2-1-3-5-12(10)14-13(17)8-11-6-7-18-15-11/h6-7,10,12,16H,1-5,8-9H2,(H,14,17)/t10-,12-/m1/s1. The van der Waals surface area contributed by atoms with E-state index >= 15 is 0 Å². The topological polar surface area (TPSA) is 75.4 Å². The summed E-state index contributed by atoms with van der Waals surface area (Å²) in [6.45, 7) is 0.148. The van der Waals surface area contributed by atoms with Crippen LogP contribution in [0.3, 0.4) is 0 Å². The van der Waals surface area contributed by atoms with E-state index in [0.717, 1.165) is 25.7 Å². The van der Waals surface area contributed by atoms with Crippen LogP contribution in [0.25, 0.3) is 0 Å². The van der Waals surface area contributed by atoms with E-state index in [1.807, 2.05) is 0 Å². The molecule has 0 saturated heterocycles. The molecular weight excluding hydrogens is 232 g/mol. The number of carbonyl (C=O) groups excluding carboxylic acids is 1. The molecule has 1 amide bonds. The molecule has 0 bridgehead atoms. The molecule has 1 heterocycles. The van der Waals surface area contributed by atoms with Gasteiger partial charge in [0, 0.05) is 24.6 Å². The molecule has 5 nitrogen and oxygen atoms in total. The second-order valence-corrected chi connectivity index (χ2v) is 4.92. The molecule has 5 heteroatoms. The van der Waals surface area contributed by atoms with E-state index in [9.17, 15) is 9.90 Å². The van der Waals surface area contributed by atoms with Crippen molar-refractivity contribution in [3.63, 3.8) is 0 Å². The van der Waals surface area contributed by atoms with Crippen LogP contribution in [0.1, 0.15) is 37.8 Å². The first-order valence-corrected chi connectivity index (χ1v) is 6.59. The highest BCUT2D eigenvalue weighted by molar-refractivity contribution is 5.78. The number of aliphatic hydroxyl groups is 1. The van der Waals surface area contributed by atoms with E-state index in [0.29, 0.717) is 5.69 Å². The number of aromatic nitrogens is 1. The molecule has 1 fully saturated rings. The molecule has 1 aliphatic rings. The van der Waals surface area contributed by atoms with Crippen molar-refractivity contribution < 1.29 is 14.4 Å². The SMILES string of the molecule is O=C(Cc1ccon1)N[C@@H]1CCCCC[C@@H]1CO. The van der Waals surface area contributed by atoms with Crippen molar-refractivity contribution >= 4 is 5.91 Å². The average molecular weight is 252 g/mol. The number of nitrogens with one attached hydrogen (secondary N) is 1. The van der Waals surface area contributed by atoms with Gasteiger partial charge in [0.2, 0.25) is 5.91 Å². The van der Waals surface area contributed by atoms with Gasteiger partial charge in [0.05, 0.1) is 12.1 Å². The third kappa shape index (κ3) is 3.57. The molecule has 2 rings (SSSR count). The van der Waals surface area contributed by atoms with E-state index in [1.165, 1.54) is 12.7 Å². The van der Waals surface area contributed by atoms with Gasteiger partial charge < -0.3 is 14.9 Å². The Kier molecular flexibility index (Phi) is 4.75. The largest absolute Gasteiger partial charge is 0.396 e. The minimum Gasteiger partial charge on any atom is -0.396 e. The van der Waals surface area contributed by atoms with Crippen LogP contribution < -0.4 is 5.32 Å². The smallest absolute Gasteiger partial charge is 0.226 e. The number of aliphatic hydroxyl groups excluding tert-OH is 1. The van der Waals surface area contributed by atoms with Gasteiger partial charge in [0.25, 0.3) is 0 Å². The summed E-state index contributed by atoms with van der Waals surface area (Å²) in [5.74, 6) is 0.142. The maximum Gasteiger partial charge on any atom is 0.226 e. The van der Waals surface area contributed by atoms with E-state index in [1.54, 1.807) is 6.07 Å². The van der Waals surface area contributed by atoms with Crippen LogP contribution in [0.2, 0.25) is 0 Å². The van der Waals surface area contributed by atoms with Crippen molar-refractivity contribution in [3.05, 3.63) is 18.0 Å². The summed E-state index contributed by atoms with van der Waals surface area (Å²) in [5.41, 5.74) is 0.640.